The Bertz CT molecular complexity index is 681. The number of halogens is 1. The van der Waals surface area contributed by atoms with Gasteiger partial charge in [-0.3, -0.25) is 9.69 Å². The molecule has 7 heteroatoms. The van der Waals surface area contributed by atoms with Gasteiger partial charge in [0.15, 0.2) is 5.69 Å². The van der Waals surface area contributed by atoms with Gasteiger partial charge in [-0.15, -0.1) is 0 Å². The summed E-state index contributed by atoms with van der Waals surface area (Å²) in [5.74, 6) is 0.0252. The number of hydrogen-bond donors (Lipinski definition) is 1. The van der Waals surface area contributed by atoms with E-state index in [1.807, 2.05) is 0 Å². The third-order valence-electron chi connectivity index (χ3n) is 4.06. The molecule has 6 nitrogen and oxygen atoms in total. The van der Waals surface area contributed by atoms with Crippen LogP contribution in [0.25, 0.3) is 0 Å². The van der Waals surface area contributed by atoms with Crippen molar-refractivity contribution in [3.63, 3.8) is 0 Å². The maximum atomic E-state index is 13.2. The van der Waals surface area contributed by atoms with Crippen molar-refractivity contribution in [3.05, 3.63) is 53.2 Å². The van der Waals surface area contributed by atoms with Crippen LogP contribution >= 0.6 is 0 Å². The Balaban J connectivity index is 1.71. The minimum absolute atomic E-state index is 0.0496. The zero-order chi connectivity index (χ0) is 16.9. The minimum atomic E-state index is -0.285. The molecule has 1 N–H and O–H groups in total. The van der Waals surface area contributed by atoms with Crippen LogP contribution in [-0.4, -0.2) is 48.8 Å². The number of rotatable bonds is 5. The number of ether oxygens (including phenoxy) is 1. The van der Waals surface area contributed by atoms with Crippen molar-refractivity contribution in [1.82, 2.24) is 15.4 Å². The molecule has 0 aliphatic carbocycles. The molecule has 1 aromatic heterocycles. The van der Waals surface area contributed by atoms with E-state index >= 15 is 0 Å². The summed E-state index contributed by atoms with van der Waals surface area (Å²) in [6.45, 7) is 4.96. The number of aryl methyl sites for hydroxylation is 1. The summed E-state index contributed by atoms with van der Waals surface area (Å²) in [5, 5.41) is 6.61. The molecule has 1 saturated heterocycles. The van der Waals surface area contributed by atoms with Gasteiger partial charge in [-0.1, -0.05) is 17.3 Å². The van der Waals surface area contributed by atoms with Gasteiger partial charge in [-0.05, 0) is 24.6 Å². The smallest absolute Gasteiger partial charge is 0.273 e. The van der Waals surface area contributed by atoms with E-state index in [0.717, 1.165) is 18.7 Å². The molecule has 1 aliphatic rings. The number of aromatic nitrogens is 1. The second-order valence-corrected chi connectivity index (χ2v) is 5.75. The van der Waals surface area contributed by atoms with Crippen molar-refractivity contribution in [3.8, 4) is 0 Å². The molecule has 128 valence electrons. The number of nitrogens with one attached hydrogen (secondary N) is 1. The van der Waals surface area contributed by atoms with Gasteiger partial charge in [0.2, 0.25) is 0 Å². The molecule has 0 radical (unpaired) electrons. The largest absolute Gasteiger partial charge is 0.379 e. The van der Waals surface area contributed by atoms with Crippen LogP contribution in [0.3, 0.4) is 0 Å². The highest BCUT2D eigenvalue weighted by Gasteiger charge is 2.24. The zero-order valence-electron chi connectivity index (χ0n) is 13.5. The molecule has 1 amide bonds. The van der Waals surface area contributed by atoms with Crippen LogP contribution in [0.5, 0.6) is 0 Å². The predicted octanol–water partition coefficient (Wildman–Crippen LogP) is 1.93. The van der Waals surface area contributed by atoms with Crippen LogP contribution in [-0.2, 0) is 4.74 Å². The second kappa shape index (κ2) is 7.55. The van der Waals surface area contributed by atoms with Gasteiger partial charge in [-0.2, -0.15) is 0 Å². The van der Waals surface area contributed by atoms with Crippen molar-refractivity contribution >= 4 is 5.91 Å². The van der Waals surface area contributed by atoms with Crippen molar-refractivity contribution in [2.75, 3.05) is 32.8 Å². The molecule has 0 bridgehead atoms. The highest BCUT2D eigenvalue weighted by Crippen LogP contribution is 2.21. The Hall–Kier alpha value is -2.25. The van der Waals surface area contributed by atoms with E-state index in [4.69, 9.17) is 9.26 Å². The number of hydrogen-bond acceptors (Lipinski definition) is 5. The average molecular weight is 333 g/mol. The van der Waals surface area contributed by atoms with Gasteiger partial charge in [0.25, 0.3) is 5.91 Å². The highest BCUT2D eigenvalue weighted by atomic mass is 19.1. The van der Waals surface area contributed by atoms with Crippen molar-refractivity contribution in [2.45, 2.75) is 13.0 Å². The lowest BCUT2D eigenvalue weighted by molar-refractivity contribution is 0.0162. The number of carbonyl (C=O) groups excluding carboxylic acids is 1. The predicted molar refractivity (Wildman–Crippen MR) is 85.1 cm³/mol. The molecular weight excluding hydrogens is 313 g/mol. The SMILES string of the molecule is Cc1cc(C(=O)NC[C@@H](c2ccc(F)cc2)N2CCOCC2)no1. The van der Waals surface area contributed by atoms with Crippen molar-refractivity contribution in [1.29, 1.82) is 0 Å². The lowest BCUT2D eigenvalue weighted by atomic mass is 10.0. The summed E-state index contributed by atoms with van der Waals surface area (Å²) >= 11 is 0. The molecule has 1 aromatic carbocycles. The Labute approximate surface area is 139 Å². The van der Waals surface area contributed by atoms with Gasteiger partial charge in [-0.25, -0.2) is 4.39 Å². The maximum Gasteiger partial charge on any atom is 0.273 e. The Morgan fingerprint density at radius 2 is 2.04 bits per heavy atom. The minimum Gasteiger partial charge on any atom is -0.379 e. The Kier molecular flexibility index (Phi) is 5.22. The molecule has 0 saturated carbocycles. The topological polar surface area (TPSA) is 67.6 Å². The summed E-state index contributed by atoms with van der Waals surface area (Å²) in [6.07, 6.45) is 0. The third-order valence-corrected chi connectivity index (χ3v) is 4.06. The van der Waals surface area contributed by atoms with Crippen LogP contribution in [0.2, 0.25) is 0 Å². The summed E-state index contributed by atoms with van der Waals surface area (Å²) in [4.78, 5) is 14.4. The lowest BCUT2D eigenvalue weighted by Gasteiger charge is -2.34. The molecule has 3 rings (SSSR count). The first-order chi connectivity index (χ1) is 11.6. The monoisotopic (exact) mass is 333 g/mol. The molecule has 1 atom stereocenters. The lowest BCUT2D eigenvalue weighted by Crippen LogP contribution is -2.43. The Morgan fingerprint density at radius 1 is 1.33 bits per heavy atom. The zero-order valence-corrected chi connectivity index (χ0v) is 13.5. The van der Waals surface area contributed by atoms with Gasteiger partial charge in [0.1, 0.15) is 11.6 Å². The Morgan fingerprint density at radius 3 is 2.67 bits per heavy atom. The molecule has 2 aromatic rings. The number of amides is 1. The highest BCUT2D eigenvalue weighted by molar-refractivity contribution is 5.92. The van der Waals surface area contributed by atoms with Crippen LogP contribution in [0, 0.1) is 12.7 Å². The number of carbonyl (C=O) groups is 1. The van der Waals surface area contributed by atoms with Crippen LogP contribution in [0.15, 0.2) is 34.9 Å². The summed E-state index contributed by atoms with van der Waals surface area (Å²) in [6, 6.07) is 7.92. The van der Waals surface area contributed by atoms with Crippen molar-refractivity contribution in [2.24, 2.45) is 0 Å². The number of morpholine rings is 1. The van der Waals surface area contributed by atoms with E-state index in [1.165, 1.54) is 12.1 Å². The summed E-state index contributed by atoms with van der Waals surface area (Å²) in [7, 11) is 0. The standard InChI is InChI=1S/C17H20FN3O3/c1-12-10-15(20-24-12)17(22)19-11-16(21-6-8-23-9-7-21)13-2-4-14(18)5-3-13/h2-5,10,16H,6-9,11H2,1H3,(H,19,22)/t16-/m0/s1. The van der Waals surface area contributed by atoms with Gasteiger partial charge >= 0.3 is 0 Å². The van der Waals surface area contributed by atoms with Crippen LogP contribution in [0.4, 0.5) is 4.39 Å². The molecule has 0 unspecified atom stereocenters. The van der Waals surface area contributed by atoms with E-state index < -0.39 is 0 Å². The second-order valence-electron chi connectivity index (χ2n) is 5.75. The fourth-order valence-corrected chi connectivity index (χ4v) is 2.79. The van der Waals surface area contributed by atoms with Crippen LogP contribution < -0.4 is 5.32 Å². The average Bonchev–Trinajstić information content (AvgIpc) is 3.04. The van der Waals surface area contributed by atoms with Crippen LogP contribution in [0.1, 0.15) is 27.9 Å². The van der Waals surface area contributed by atoms with E-state index in [9.17, 15) is 9.18 Å². The number of nitrogens with zero attached hydrogens (tertiary/aromatic N) is 2. The normalized spacial score (nSPS) is 16.8. The quantitative estimate of drug-likeness (QED) is 0.905. The summed E-state index contributed by atoms with van der Waals surface area (Å²) < 4.78 is 23.5. The molecule has 2 heterocycles. The molecule has 24 heavy (non-hydrogen) atoms. The van der Waals surface area contributed by atoms with E-state index in [1.54, 1.807) is 25.1 Å². The first-order valence-corrected chi connectivity index (χ1v) is 7.92. The first-order valence-electron chi connectivity index (χ1n) is 7.92. The maximum absolute atomic E-state index is 13.2. The molecule has 1 aliphatic heterocycles. The molecule has 1 fully saturated rings. The van der Waals surface area contributed by atoms with Gasteiger partial charge in [0, 0.05) is 25.7 Å². The fourth-order valence-electron chi connectivity index (χ4n) is 2.79. The van der Waals surface area contributed by atoms with E-state index in [0.29, 0.717) is 25.5 Å². The van der Waals surface area contributed by atoms with Crippen molar-refractivity contribution < 1.29 is 18.4 Å². The van der Waals surface area contributed by atoms with Gasteiger partial charge < -0.3 is 14.6 Å². The molecule has 0 spiro atoms. The first kappa shape index (κ1) is 16.6. The molecular formula is C17H20FN3O3. The van der Waals surface area contributed by atoms with E-state index in [-0.39, 0.29) is 23.5 Å². The fraction of sp³-hybridized carbons (Fsp3) is 0.412. The third kappa shape index (κ3) is 3.98. The number of benzene rings is 1. The van der Waals surface area contributed by atoms with E-state index in [2.05, 4.69) is 15.4 Å². The van der Waals surface area contributed by atoms with Gasteiger partial charge in [0.05, 0.1) is 19.3 Å². The summed E-state index contributed by atoms with van der Waals surface area (Å²) in [5.41, 5.74) is 1.21.